The Balaban J connectivity index is 1.75. The molecule has 0 saturated heterocycles. The number of H-pyrrole nitrogens is 1. The third kappa shape index (κ3) is 4.02. The van der Waals surface area contributed by atoms with Crippen molar-refractivity contribution in [1.82, 2.24) is 29.8 Å². The summed E-state index contributed by atoms with van der Waals surface area (Å²) in [6, 6.07) is 1.54. The van der Waals surface area contributed by atoms with E-state index in [1.54, 1.807) is 6.07 Å². The fourth-order valence-electron chi connectivity index (χ4n) is 2.23. The van der Waals surface area contributed by atoms with Crippen LogP contribution in [-0.2, 0) is 18.6 Å². The first-order valence-corrected chi connectivity index (χ1v) is 9.78. The van der Waals surface area contributed by atoms with Crippen LogP contribution in [0.3, 0.4) is 0 Å². The van der Waals surface area contributed by atoms with Gasteiger partial charge in [0, 0.05) is 24.7 Å². The molecule has 3 heterocycles. The largest absolute Gasteiger partial charge is 0.275 e. The summed E-state index contributed by atoms with van der Waals surface area (Å²) in [5.74, 6) is 1.95. The fraction of sp³-hybridized carbons (Fsp3) is 0.533. The first kappa shape index (κ1) is 17.1. The first-order chi connectivity index (χ1) is 11.5. The molecule has 128 valence electrons. The predicted octanol–water partition coefficient (Wildman–Crippen LogP) is 2.71. The van der Waals surface area contributed by atoms with Gasteiger partial charge < -0.3 is 0 Å². The van der Waals surface area contributed by atoms with Gasteiger partial charge in [-0.2, -0.15) is 9.61 Å². The summed E-state index contributed by atoms with van der Waals surface area (Å²) >= 11 is 2.96. The van der Waals surface area contributed by atoms with Crippen LogP contribution < -0.4 is 5.56 Å². The monoisotopic (exact) mass is 364 g/mol. The molecule has 3 aromatic rings. The summed E-state index contributed by atoms with van der Waals surface area (Å²) in [5, 5.41) is 13.1. The van der Waals surface area contributed by atoms with Gasteiger partial charge in [0.05, 0.1) is 5.69 Å². The van der Waals surface area contributed by atoms with Crippen molar-refractivity contribution in [2.24, 2.45) is 5.92 Å². The van der Waals surface area contributed by atoms with Crippen molar-refractivity contribution in [3.05, 3.63) is 32.9 Å². The Hall–Kier alpha value is -1.74. The maximum absolute atomic E-state index is 12.2. The van der Waals surface area contributed by atoms with Crippen molar-refractivity contribution in [2.75, 3.05) is 0 Å². The van der Waals surface area contributed by atoms with E-state index in [9.17, 15) is 4.79 Å². The zero-order valence-electron chi connectivity index (χ0n) is 13.9. The standard InChI is InChI=1S/C15H20N6OS2/c1-4-5-11-17-14(19-18-11)23-8-10-7-13(22)21-15(16-10)24-12(20-21)6-9(2)3/h7,9H,4-6,8H2,1-3H3,(H,17,18,19). The van der Waals surface area contributed by atoms with Gasteiger partial charge in [0.25, 0.3) is 5.56 Å². The van der Waals surface area contributed by atoms with E-state index in [2.05, 4.69) is 46.0 Å². The number of hydrogen-bond donors (Lipinski definition) is 1. The molecular formula is C15H20N6OS2. The van der Waals surface area contributed by atoms with Crippen LogP contribution in [0.25, 0.3) is 4.96 Å². The summed E-state index contributed by atoms with van der Waals surface area (Å²) in [5.41, 5.74) is 0.593. The van der Waals surface area contributed by atoms with Gasteiger partial charge >= 0.3 is 0 Å². The molecule has 3 aromatic heterocycles. The lowest BCUT2D eigenvalue weighted by atomic mass is 10.1. The maximum Gasteiger partial charge on any atom is 0.275 e. The third-order valence-corrected chi connectivity index (χ3v) is 5.08. The molecule has 0 aliphatic rings. The van der Waals surface area contributed by atoms with E-state index in [0.717, 1.165) is 35.8 Å². The van der Waals surface area contributed by atoms with Crippen molar-refractivity contribution in [1.29, 1.82) is 0 Å². The summed E-state index contributed by atoms with van der Waals surface area (Å²) in [6.07, 6.45) is 2.77. The van der Waals surface area contributed by atoms with Gasteiger partial charge in [-0.3, -0.25) is 9.89 Å². The topological polar surface area (TPSA) is 88.8 Å². The fourth-order valence-corrected chi connectivity index (χ4v) is 4.07. The minimum atomic E-state index is -0.136. The lowest BCUT2D eigenvalue weighted by Gasteiger charge is -1.97. The molecule has 24 heavy (non-hydrogen) atoms. The molecule has 0 spiro atoms. The first-order valence-electron chi connectivity index (χ1n) is 7.98. The molecule has 7 nitrogen and oxygen atoms in total. The average Bonchev–Trinajstić information content (AvgIpc) is 3.12. The van der Waals surface area contributed by atoms with E-state index in [1.807, 2.05) is 0 Å². The van der Waals surface area contributed by atoms with Crippen LogP contribution in [0, 0.1) is 5.92 Å². The van der Waals surface area contributed by atoms with Crippen molar-refractivity contribution in [3.63, 3.8) is 0 Å². The van der Waals surface area contributed by atoms with E-state index < -0.39 is 0 Å². The van der Waals surface area contributed by atoms with Crippen molar-refractivity contribution in [2.45, 2.75) is 50.9 Å². The molecule has 0 aliphatic carbocycles. The van der Waals surface area contributed by atoms with Crippen LogP contribution >= 0.6 is 23.1 Å². The quantitative estimate of drug-likeness (QED) is 0.649. The molecule has 9 heteroatoms. The van der Waals surface area contributed by atoms with Crippen molar-refractivity contribution < 1.29 is 0 Å². The highest BCUT2D eigenvalue weighted by Crippen LogP contribution is 2.20. The lowest BCUT2D eigenvalue weighted by molar-refractivity contribution is 0.635. The second-order valence-corrected chi connectivity index (χ2v) is 7.96. The van der Waals surface area contributed by atoms with Gasteiger partial charge in [-0.1, -0.05) is 43.9 Å². The van der Waals surface area contributed by atoms with Gasteiger partial charge in [0.15, 0.2) is 0 Å². The van der Waals surface area contributed by atoms with Crippen LogP contribution in [0.5, 0.6) is 0 Å². The Bertz CT molecular complexity index is 882. The molecule has 0 saturated carbocycles. The molecular weight excluding hydrogens is 344 g/mol. The van der Waals surface area contributed by atoms with Crippen LogP contribution in [-0.4, -0.2) is 29.8 Å². The summed E-state index contributed by atoms with van der Waals surface area (Å²) < 4.78 is 1.39. The number of aryl methyl sites for hydroxylation is 1. The Kier molecular flexibility index (Phi) is 5.30. The predicted molar refractivity (Wildman–Crippen MR) is 95.6 cm³/mol. The van der Waals surface area contributed by atoms with Gasteiger partial charge in [-0.25, -0.2) is 9.97 Å². The van der Waals surface area contributed by atoms with Gasteiger partial charge in [-0.15, -0.1) is 5.10 Å². The Labute approximate surface area is 147 Å². The third-order valence-electron chi connectivity index (χ3n) is 3.27. The Morgan fingerprint density at radius 3 is 2.96 bits per heavy atom. The number of aromatic amines is 1. The smallest absolute Gasteiger partial charge is 0.267 e. The van der Waals surface area contributed by atoms with E-state index in [1.165, 1.54) is 27.6 Å². The van der Waals surface area contributed by atoms with Crippen molar-refractivity contribution in [3.8, 4) is 0 Å². The van der Waals surface area contributed by atoms with Gasteiger partial charge in [-0.05, 0) is 12.3 Å². The van der Waals surface area contributed by atoms with Crippen LogP contribution in [0.4, 0.5) is 0 Å². The van der Waals surface area contributed by atoms with Gasteiger partial charge in [0.1, 0.15) is 10.8 Å². The number of nitrogens with zero attached hydrogens (tertiary/aromatic N) is 5. The lowest BCUT2D eigenvalue weighted by Crippen LogP contribution is -2.15. The zero-order valence-corrected chi connectivity index (χ0v) is 15.6. The molecule has 1 N–H and O–H groups in total. The minimum Gasteiger partial charge on any atom is -0.267 e. The number of fused-ring (bicyclic) bond motifs is 1. The van der Waals surface area contributed by atoms with E-state index in [4.69, 9.17) is 0 Å². The van der Waals surface area contributed by atoms with E-state index in [-0.39, 0.29) is 5.56 Å². The summed E-state index contributed by atoms with van der Waals surface area (Å²) in [7, 11) is 0. The van der Waals surface area contributed by atoms with Gasteiger partial charge in [0.2, 0.25) is 10.1 Å². The second kappa shape index (κ2) is 7.43. The molecule has 3 rings (SSSR count). The number of rotatable bonds is 7. The number of nitrogens with one attached hydrogen (secondary N) is 1. The highest BCUT2D eigenvalue weighted by Gasteiger charge is 2.11. The average molecular weight is 365 g/mol. The van der Waals surface area contributed by atoms with Crippen molar-refractivity contribution >= 4 is 28.1 Å². The highest BCUT2D eigenvalue weighted by molar-refractivity contribution is 7.98. The molecule has 0 aliphatic heterocycles. The number of aromatic nitrogens is 6. The highest BCUT2D eigenvalue weighted by atomic mass is 32.2. The molecule has 0 bridgehead atoms. The number of hydrogen-bond acceptors (Lipinski definition) is 7. The molecule has 0 fully saturated rings. The number of thioether (sulfide) groups is 1. The molecule has 0 aromatic carbocycles. The van der Waals surface area contributed by atoms with E-state index in [0.29, 0.717) is 21.8 Å². The minimum absolute atomic E-state index is 0.136. The van der Waals surface area contributed by atoms with Crippen LogP contribution in [0.15, 0.2) is 16.0 Å². The zero-order chi connectivity index (χ0) is 17.1. The summed E-state index contributed by atoms with van der Waals surface area (Å²) in [4.78, 5) is 21.8. The molecule has 0 unspecified atom stereocenters. The summed E-state index contributed by atoms with van der Waals surface area (Å²) in [6.45, 7) is 6.37. The molecule has 0 radical (unpaired) electrons. The van der Waals surface area contributed by atoms with Crippen LogP contribution in [0.2, 0.25) is 0 Å². The second-order valence-electron chi connectivity index (χ2n) is 5.98. The van der Waals surface area contributed by atoms with E-state index >= 15 is 0 Å². The maximum atomic E-state index is 12.2. The molecule has 0 atom stereocenters. The van der Waals surface area contributed by atoms with Crippen LogP contribution in [0.1, 0.15) is 43.7 Å². The Morgan fingerprint density at radius 2 is 2.21 bits per heavy atom. The normalized spacial score (nSPS) is 11.7. The Morgan fingerprint density at radius 1 is 1.38 bits per heavy atom. The SMILES string of the molecule is CCCc1nc(SCc2cc(=O)n3nc(CC(C)C)sc3n2)n[nH]1. The molecule has 0 amide bonds.